The van der Waals surface area contributed by atoms with Gasteiger partial charge in [0, 0.05) is 12.8 Å². The van der Waals surface area contributed by atoms with E-state index >= 15 is 0 Å². The average Bonchev–Trinajstić information content (AvgIpc) is 2.33. The fourth-order valence-electron chi connectivity index (χ4n) is 0.959. The van der Waals surface area contributed by atoms with Crippen molar-refractivity contribution in [2.24, 2.45) is 4.40 Å². The molecule has 0 rings (SSSR count). The molecule has 0 aliphatic rings. The highest BCUT2D eigenvalue weighted by molar-refractivity contribution is 7.85. The molecule has 0 saturated carbocycles. The number of hydrogen-bond donors (Lipinski definition) is 0. The van der Waals surface area contributed by atoms with Gasteiger partial charge in [0.2, 0.25) is 0 Å². The van der Waals surface area contributed by atoms with Gasteiger partial charge in [-0.3, -0.25) is 4.90 Å². The molecule has 1 atom stereocenters. The van der Waals surface area contributed by atoms with Gasteiger partial charge in [-0.1, -0.05) is 18.7 Å². The van der Waals surface area contributed by atoms with Crippen molar-refractivity contribution in [3.63, 3.8) is 0 Å². The predicted octanol–water partition coefficient (Wildman–Crippen LogP) is 2.33. The Labute approximate surface area is 117 Å². The van der Waals surface area contributed by atoms with Gasteiger partial charge in [0.25, 0.3) is 0 Å². The zero-order valence-corrected chi connectivity index (χ0v) is 12.6. The van der Waals surface area contributed by atoms with Gasteiger partial charge in [-0.2, -0.15) is 4.40 Å². The van der Waals surface area contributed by atoms with Crippen molar-refractivity contribution in [2.45, 2.75) is 25.5 Å². The van der Waals surface area contributed by atoms with Crippen LogP contribution in [0, 0.1) is 0 Å². The largest absolute Gasteiger partial charge is 0.445 e. The summed E-state index contributed by atoms with van der Waals surface area (Å²) < 4.78 is 20.1. The van der Waals surface area contributed by atoms with Crippen LogP contribution in [0.2, 0.25) is 0 Å². The zero-order valence-electron chi connectivity index (χ0n) is 11.8. The molecule has 19 heavy (non-hydrogen) atoms. The Balaban J connectivity index is 4.47. The smallest absolute Gasteiger partial charge is 0.410 e. The molecule has 0 bridgehead atoms. The van der Waals surface area contributed by atoms with Crippen LogP contribution < -0.4 is 0 Å². The number of rotatable bonds is 7. The van der Waals surface area contributed by atoms with Crippen molar-refractivity contribution in [3.05, 3.63) is 25.3 Å². The van der Waals surface area contributed by atoms with Crippen LogP contribution in [0.3, 0.4) is 0 Å². The lowest BCUT2D eigenvalue weighted by atomic mass is 10.3. The highest BCUT2D eigenvalue weighted by atomic mass is 32.2. The molecule has 0 N–H and O–H groups in total. The summed E-state index contributed by atoms with van der Waals surface area (Å²) in [7, 11) is -1.33. The molecule has 0 aromatic heterocycles. The fourth-order valence-corrected chi connectivity index (χ4v) is 1.48. The van der Waals surface area contributed by atoms with Crippen molar-refractivity contribution in [2.75, 3.05) is 19.7 Å². The van der Waals surface area contributed by atoms with E-state index in [1.54, 1.807) is 6.08 Å². The Morgan fingerprint density at radius 2 is 1.95 bits per heavy atom. The molecular formula is C13H22N2O3S. The van der Waals surface area contributed by atoms with Crippen LogP contribution in [0.15, 0.2) is 29.7 Å². The first-order chi connectivity index (χ1) is 8.82. The van der Waals surface area contributed by atoms with E-state index in [-0.39, 0.29) is 13.2 Å². The van der Waals surface area contributed by atoms with Crippen LogP contribution in [0.4, 0.5) is 4.79 Å². The second-order valence-electron chi connectivity index (χ2n) is 4.71. The number of nitrogens with zero attached hydrogens (tertiary/aromatic N) is 2. The van der Waals surface area contributed by atoms with Crippen LogP contribution in [0.1, 0.15) is 20.8 Å². The molecule has 0 fully saturated rings. The number of carbonyl (C=O) groups is 1. The Hall–Kier alpha value is -1.43. The number of hydrogen-bond acceptors (Lipinski definition) is 3. The maximum Gasteiger partial charge on any atom is 0.410 e. The van der Waals surface area contributed by atoms with E-state index in [9.17, 15) is 9.00 Å². The minimum absolute atomic E-state index is 0.150. The van der Waals surface area contributed by atoms with Gasteiger partial charge in [-0.15, -0.1) is 6.58 Å². The van der Waals surface area contributed by atoms with E-state index in [4.69, 9.17) is 4.74 Å². The Morgan fingerprint density at radius 1 is 1.32 bits per heavy atom. The SMILES string of the molecule is C=CCOC(=O)N(CC=C)CC=N[S@](=O)C(C)(C)C. The first kappa shape index (κ1) is 17.6. The van der Waals surface area contributed by atoms with Gasteiger partial charge in [0.15, 0.2) is 0 Å². The summed E-state index contributed by atoms with van der Waals surface area (Å²) in [5.74, 6) is 0. The predicted molar refractivity (Wildman–Crippen MR) is 79.7 cm³/mol. The third-order valence-electron chi connectivity index (χ3n) is 1.93. The van der Waals surface area contributed by atoms with Gasteiger partial charge >= 0.3 is 6.09 Å². The first-order valence-electron chi connectivity index (χ1n) is 5.91. The zero-order chi connectivity index (χ0) is 14.9. The molecule has 0 aromatic rings. The van der Waals surface area contributed by atoms with Crippen LogP contribution in [0.25, 0.3) is 0 Å². The summed E-state index contributed by atoms with van der Waals surface area (Å²) in [5.41, 5.74) is 0. The van der Waals surface area contributed by atoms with Crippen molar-refractivity contribution in [1.82, 2.24) is 4.90 Å². The van der Waals surface area contributed by atoms with Crippen molar-refractivity contribution >= 4 is 23.3 Å². The third kappa shape index (κ3) is 7.56. The van der Waals surface area contributed by atoms with Crippen molar-refractivity contribution in [1.29, 1.82) is 0 Å². The highest BCUT2D eigenvalue weighted by Gasteiger charge is 2.18. The average molecular weight is 286 g/mol. The summed E-state index contributed by atoms with van der Waals surface area (Å²) >= 11 is 0. The number of amides is 1. The van der Waals surface area contributed by atoms with Crippen LogP contribution in [-0.4, -0.2) is 45.9 Å². The topological polar surface area (TPSA) is 59.0 Å². The summed E-state index contributed by atoms with van der Waals surface area (Å²) in [4.78, 5) is 13.0. The summed E-state index contributed by atoms with van der Waals surface area (Å²) in [5, 5.41) is 0. The third-order valence-corrected chi connectivity index (χ3v) is 3.32. The maximum atomic E-state index is 11.7. The lowest BCUT2D eigenvalue weighted by Gasteiger charge is -2.18. The second-order valence-corrected chi connectivity index (χ2v) is 6.64. The number of ether oxygens (including phenoxy) is 1. The van der Waals surface area contributed by atoms with Crippen LogP contribution in [0.5, 0.6) is 0 Å². The lowest BCUT2D eigenvalue weighted by Crippen LogP contribution is -2.33. The van der Waals surface area contributed by atoms with Gasteiger partial charge in [-0.25, -0.2) is 9.00 Å². The Kier molecular flexibility index (Phi) is 7.98. The molecule has 1 amide bonds. The van der Waals surface area contributed by atoms with E-state index in [1.807, 2.05) is 20.8 Å². The molecule has 0 aliphatic carbocycles. The van der Waals surface area contributed by atoms with Crippen LogP contribution >= 0.6 is 0 Å². The Morgan fingerprint density at radius 3 is 2.42 bits per heavy atom. The lowest BCUT2D eigenvalue weighted by molar-refractivity contribution is 0.122. The molecule has 0 spiro atoms. The molecule has 0 radical (unpaired) electrons. The minimum Gasteiger partial charge on any atom is -0.445 e. The summed E-state index contributed by atoms with van der Waals surface area (Å²) in [6.45, 7) is 13.3. The highest BCUT2D eigenvalue weighted by Crippen LogP contribution is 2.11. The molecule has 0 unspecified atom stereocenters. The van der Waals surface area contributed by atoms with Crippen molar-refractivity contribution in [3.8, 4) is 0 Å². The molecule has 108 valence electrons. The normalized spacial score (nSPS) is 13.0. The molecular weight excluding hydrogens is 264 g/mol. The monoisotopic (exact) mass is 286 g/mol. The second kappa shape index (κ2) is 8.63. The molecule has 0 aromatic carbocycles. The van der Waals surface area contributed by atoms with Gasteiger partial charge in [0.05, 0.1) is 11.3 Å². The van der Waals surface area contributed by atoms with E-state index in [0.717, 1.165) is 0 Å². The molecule has 0 aliphatic heterocycles. The minimum atomic E-state index is -1.33. The quantitative estimate of drug-likeness (QED) is 0.533. The molecule has 0 heterocycles. The van der Waals surface area contributed by atoms with E-state index < -0.39 is 21.8 Å². The molecule has 5 nitrogen and oxygen atoms in total. The fraction of sp³-hybridized carbons (Fsp3) is 0.538. The standard InChI is InChI=1S/C13H22N2O3S/c1-6-9-15(12(16)18-11-7-2)10-8-14-19(17)13(3,4)5/h6-8H,1-2,9-11H2,3-5H3/t19-/m1/s1. The maximum absolute atomic E-state index is 11.7. The van der Waals surface area contributed by atoms with Crippen LogP contribution in [-0.2, 0) is 15.7 Å². The molecule has 6 heteroatoms. The Bertz CT molecular complexity index is 373. The van der Waals surface area contributed by atoms with Gasteiger partial charge in [0.1, 0.15) is 17.6 Å². The van der Waals surface area contributed by atoms with E-state index in [0.29, 0.717) is 6.54 Å². The van der Waals surface area contributed by atoms with E-state index in [1.165, 1.54) is 17.2 Å². The molecule has 0 saturated heterocycles. The van der Waals surface area contributed by atoms with E-state index in [2.05, 4.69) is 17.6 Å². The van der Waals surface area contributed by atoms with Crippen molar-refractivity contribution < 1.29 is 13.7 Å². The van der Waals surface area contributed by atoms with Gasteiger partial charge in [-0.05, 0) is 20.8 Å². The van der Waals surface area contributed by atoms with Gasteiger partial charge < -0.3 is 4.74 Å². The number of carbonyl (C=O) groups excluding carboxylic acids is 1. The summed E-state index contributed by atoms with van der Waals surface area (Å²) in [6, 6.07) is 0. The first-order valence-corrected chi connectivity index (χ1v) is 7.01. The summed E-state index contributed by atoms with van der Waals surface area (Å²) in [6.07, 6.45) is 4.06.